The first kappa shape index (κ1) is 28.8. The summed E-state index contributed by atoms with van der Waals surface area (Å²) in [5, 5.41) is 11.5. The lowest BCUT2D eigenvalue weighted by molar-refractivity contribution is -0.137. The Morgan fingerprint density at radius 3 is 2.02 bits per heavy atom. The molecule has 216 valence electrons. The molecule has 0 bridgehead atoms. The minimum absolute atomic E-state index is 0.00989. The molecule has 6 nitrogen and oxygen atoms in total. The van der Waals surface area contributed by atoms with E-state index in [2.05, 4.69) is 4.90 Å². The second-order valence-electron chi connectivity index (χ2n) is 10.4. The van der Waals surface area contributed by atoms with Gasteiger partial charge in [-0.15, -0.1) is 0 Å². The molecule has 0 amide bonds. The standard InChI is InChI=1S/C30H29ClF4N4O2/c1-18(2)37-9-11-38(12-10-37)27-15-20(4-6-24(27)30(33,34)35)23-17-21(32)16-22(28(23)40)19-5-7-26(25(31)14-19)39-13-8-36(3)29(39)41/h4-8,13-18,40H,9-12H2,1-3H3. The van der Waals surface area contributed by atoms with Crippen LogP contribution in [0, 0.1) is 5.82 Å². The summed E-state index contributed by atoms with van der Waals surface area (Å²) in [6.07, 6.45) is -1.44. The highest BCUT2D eigenvalue weighted by Gasteiger charge is 2.36. The van der Waals surface area contributed by atoms with Crippen molar-refractivity contribution in [3.05, 3.63) is 87.8 Å². The molecule has 1 N–H and O–H groups in total. The fourth-order valence-electron chi connectivity index (χ4n) is 5.24. The van der Waals surface area contributed by atoms with Gasteiger partial charge in [0.2, 0.25) is 0 Å². The van der Waals surface area contributed by atoms with Crippen LogP contribution in [0.3, 0.4) is 0 Å². The van der Waals surface area contributed by atoms with Crippen molar-refractivity contribution in [2.75, 3.05) is 31.1 Å². The first-order chi connectivity index (χ1) is 19.3. The Balaban J connectivity index is 1.56. The summed E-state index contributed by atoms with van der Waals surface area (Å²) in [6, 6.07) is 10.8. The van der Waals surface area contributed by atoms with Gasteiger partial charge in [-0.1, -0.05) is 23.7 Å². The van der Waals surface area contributed by atoms with E-state index in [1.54, 1.807) is 36.5 Å². The lowest BCUT2D eigenvalue weighted by atomic mass is 9.95. The molecule has 41 heavy (non-hydrogen) atoms. The Bertz CT molecular complexity index is 1650. The number of phenols is 1. The Morgan fingerprint density at radius 2 is 1.49 bits per heavy atom. The smallest absolute Gasteiger partial charge is 0.418 e. The van der Waals surface area contributed by atoms with E-state index in [0.717, 1.165) is 18.2 Å². The molecule has 4 aromatic rings. The van der Waals surface area contributed by atoms with E-state index < -0.39 is 17.6 Å². The predicted octanol–water partition coefficient (Wildman–Crippen LogP) is 6.56. The van der Waals surface area contributed by atoms with Crippen LogP contribution in [0.2, 0.25) is 5.02 Å². The quantitative estimate of drug-likeness (QED) is 0.268. The van der Waals surface area contributed by atoms with Crippen molar-refractivity contribution < 1.29 is 22.7 Å². The number of benzene rings is 3. The van der Waals surface area contributed by atoms with Crippen molar-refractivity contribution in [2.24, 2.45) is 7.05 Å². The molecule has 1 aliphatic heterocycles. The van der Waals surface area contributed by atoms with Crippen LogP contribution in [0.1, 0.15) is 19.4 Å². The zero-order valence-corrected chi connectivity index (χ0v) is 23.5. The summed E-state index contributed by atoms with van der Waals surface area (Å²) in [5.41, 5.74) is 0.0877. The number of piperazine rings is 1. The third-order valence-corrected chi connectivity index (χ3v) is 7.84. The van der Waals surface area contributed by atoms with E-state index >= 15 is 0 Å². The van der Waals surface area contributed by atoms with Gasteiger partial charge in [0.25, 0.3) is 0 Å². The number of aryl methyl sites for hydroxylation is 1. The Morgan fingerprint density at radius 1 is 0.878 bits per heavy atom. The molecule has 0 saturated carbocycles. The largest absolute Gasteiger partial charge is 0.507 e. The molecule has 3 aromatic carbocycles. The van der Waals surface area contributed by atoms with Crippen LogP contribution in [-0.4, -0.2) is 51.4 Å². The summed E-state index contributed by atoms with van der Waals surface area (Å²) < 4.78 is 59.7. The predicted molar refractivity (Wildman–Crippen MR) is 152 cm³/mol. The number of imidazole rings is 1. The molecule has 0 atom stereocenters. The van der Waals surface area contributed by atoms with Crippen molar-refractivity contribution in [1.82, 2.24) is 14.0 Å². The van der Waals surface area contributed by atoms with Crippen LogP contribution < -0.4 is 10.6 Å². The zero-order valence-electron chi connectivity index (χ0n) is 22.7. The van der Waals surface area contributed by atoms with Gasteiger partial charge in [0, 0.05) is 68.5 Å². The molecule has 1 fully saturated rings. The molecule has 1 aromatic heterocycles. The number of aromatic nitrogens is 2. The second kappa shape index (κ2) is 10.9. The Kier molecular flexibility index (Phi) is 7.65. The van der Waals surface area contributed by atoms with Gasteiger partial charge < -0.3 is 14.6 Å². The first-order valence-corrected chi connectivity index (χ1v) is 13.5. The minimum Gasteiger partial charge on any atom is -0.507 e. The van der Waals surface area contributed by atoms with Gasteiger partial charge in [-0.2, -0.15) is 13.2 Å². The van der Waals surface area contributed by atoms with Gasteiger partial charge in [-0.25, -0.2) is 9.18 Å². The van der Waals surface area contributed by atoms with Crippen LogP contribution in [0.15, 0.2) is 65.7 Å². The van der Waals surface area contributed by atoms with Crippen LogP contribution >= 0.6 is 11.6 Å². The van der Waals surface area contributed by atoms with Crippen LogP contribution in [-0.2, 0) is 13.2 Å². The van der Waals surface area contributed by atoms with Crippen molar-refractivity contribution in [3.63, 3.8) is 0 Å². The Labute approximate surface area is 239 Å². The topological polar surface area (TPSA) is 53.6 Å². The molecular weight excluding hydrogens is 560 g/mol. The fourth-order valence-corrected chi connectivity index (χ4v) is 5.51. The average molecular weight is 589 g/mol. The normalized spacial score (nSPS) is 14.7. The lowest BCUT2D eigenvalue weighted by Crippen LogP contribution is -2.49. The van der Waals surface area contributed by atoms with Crippen LogP contribution in [0.4, 0.5) is 23.2 Å². The third kappa shape index (κ3) is 5.58. The highest BCUT2D eigenvalue weighted by atomic mass is 35.5. The number of halogens is 5. The van der Waals surface area contributed by atoms with Gasteiger partial charge in [0.1, 0.15) is 11.6 Å². The van der Waals surface area contributed by atoms with Gasteiger partial charge in [0.05, 0.1) is 16.3 Å². The number of phenolic OH excluding ortho intramolecular Hbond substituents is 1. The van der Waals surface area contributed by atoms with E-state index in [-0.39, 0.29) is 44.9 Å². The average Bonchev–Trinajstić information content (AvgIpc) is 3.26. The maximum absolute atomic E-state index is 14.9. The van der Waals surface area contributed by atoms with Crippen molar-refractivity contribution in [3.8, 4) is 33.7 Å². The molecule has 5 rings (SSSR count). The molecule has 11 heteroatoms. The summed E-state index contributed by atoms with van der Waals surface area (Å²) in [6.45, 7) is 6.12. The minimum atomic E-state index is -4.59. The van der Waals surface area contributed by atoms with Crippen molar-refractivity contribution >= 4 is 17.3 Å². The van der Waals surface area contributed by atoms with Gasteiger partial charge in [-0.3, -0.25) is 9.47 Å². The molecule has 2 heterocycles. The summed E-state index contributed by atoms with van der Waals surface area (Å²) in [7, 11) is 1.60. The number of hydrogen-bond acceptors (Lipinski definition) is 4. The number of rotatable bonds is 5. The molecule has 0 radical (unpaired) electrons. The molecule has 0 unspecified atom stereocenters. The monoisotopic (exact) mass is 588 g/mol. The summed E-state index contributed by atoms with van der Waals surface area (Å²) in [5.74, 6) is -0.985. The van der Waals surface area contributed by atoms with Gasteiger partial charge in [0.15, 0.2) is 0 Å². The molecule has 0 aliphatic carbocycles. The molecule has 1 saturated heterocycles. The zero-order chi connectivity index (χ0) is 29.6. The fraction of sp³-hybridized carbons (Fsp3) is 0.300. The van der Waals surface area contributed by atoms with E-state index in [1.807, 2.05) is 13.8 Å². The highest BCUT2D eigenvalue weighted by molar-refractivity contribution is 6.32. The van der Waals surface area contributed by atoms with Crippen LogP contribution in [0.5, 0.6) is 5.75 Å². The molecule has 1 aliphatic rings. The third-order valence-electron chi connectivity index (χ3n) is 7.54. The second-order valence-corrected chi connectivity index (χ2v) is 10.8. The number of anilines is 1. The Hall–Kier alpha value is -3.76. The van der Waals surface area contributed by atoms with E-state index in [0.29, 0.717) is 37.4 Å². The summed E-state index contributed by atoms with van der Waals surface area (Å²) in [4.78, 5) is 16.2. The van der Waals surface area contributed by atoms with E-state index in [4.69, 9.17) is 11.6 Å². The van der Waals surface area contributed by atoms with Crippen molar-refractivity contribution in [2.45, 2.75) is 26.1 Å². The maximum Gasteiger partial charge on any atom is 0.418 e. The number of aromatic hydroxyl groups is 1. The van der Waals surface area contributed by atoms with E-state index in [9.17, 15) is 27.5 Å². The van der Waals surface area contributed by atoms with Crippen molar-refractivity contribution in [1.29, 1.82) is 0 Å². The number of alkyl halides is 3. The first-order valence-electron chi connectivity index (χ1n) is 13.1. The highest BCUT2D eigenvalue weighted by Crippen LogP contribution is 2.44. The SMILES string of the molecule is CC(C)N1CCN(c2cc(-c3cc(F)cc(-c4ccc(-n5ccn(C)c5=O)c(Cl)c4)c3O)ccc2C(F)(F)F)CC1. The lowest BCUT2D eigenvalue weighted by Gasteiger charge is -2.39. The van der Waals surface area contributed by atoms with Crippen LogP contribution in [0.25, 0.3) is 27.9 Å². The molecule has 0 spiro atoms. The number of nitrogens with zero attached hydrogens (tertiary/aromatic N) is 4. The maximum atomic E-state index is 14.9. The molecular formula is C30H29ClF4N4O2. The summed E-state index contributed by atoms with van der Waals surface area (Å²) >= 11 is 6.48. The number of hydrogen-bond donors (Lipinski definition) is 1. The van der Waals surface area contributed by atoms with Gasteiger partial charge >= 0.3 is 11.9 Å². The van der Waals surface area contributed by atoms with E-state index in [1.165, 1.54) is 27.3 Å². The van der Waals surface area contributed by atoms with Gasteiger partial charge in [-0.05, 0) is 61.4 Å².